The molecule has 0 aliphatic rings. The second-order valence-corrected chi connectivity index (χ2v) is 4.40. The maximum absolute atomic E-state index is 13.6. The molecule has 0 saturated carbocycles. The molecule has 0 atom stereocenters. The Morgan fingerprint density at radius 3 is 2.68 bits per heavy atom. The Labute approximate surface area is 114 Å². The number of halogens is 2. The molecular formula is C15H9ClFNO. The van der Waals surface area contributed by atoms with Gasteiger partial charge >= 0.3 is 0 Å². The van der Waals surface area contributed by atoms with E-state index in [1.54, 1.807) is 24.3 Å². The molecule has 0 bridgehead atoms. The summed E-state index contributed by atoms with van der Waals surface area (Å²) < 4.78 is 19.1. The van der Waals surface area contributed by atoms with Crippen LogP contribution in [0.5, 0.6) is 0 Å². The van der Waals surface area contributed by atoms with Crippen LogP contribution in [0.25, 0.3) is 23.3 Å². The standard InChI is InChI=1S/C15H9ClFNO/c16-11-4-3-5-12(17)10(11)8-9-15-18-13-6-1-2-7-14(13)19-15/h1-9H/b9-8+. The van der Waals surface area contributed by atoms with E-state index >= 15 is 0 Å². The van der Waals surface area contributed by atoms with Gasteiger partial charge in [0, 0.05) is 11.6 Å². The summed E-state index contributed by atoms with van der Waals surface area (Å²) in [4.78, 5) is 4.27. The molecule has 0 amide bonds. The molecule has 94 valence electrons. The van der Waals surface area contributed by atoms with Gasteiger partial charge in [0.1, 0.15) is 11.3 Å². The number of hydrogen-bond acceptors (Lipinski definition) is 2. The lowest BCUT2D eigenvalue weighted by atomic mass is 10.2. The van der Waals surface area contributed by atoms with Crippen LogP contribution in [0.4, 0.5) is 4.39 Å². The molecule has 3 rings (SSSR count). The zero-order chi connectivity index (χ0) is 13.2. The molecule has 2 aromatic carbocycles. The van der Waals surface area contributed by atoms with E-state index in [0.29, 0.717) is 22.1 Å². The maximum atomic E-state index is 13.6. The zero-order valence-electron chi connectivity index (χ0n) is 9.81. The van der Waals surface area contributed by atoms with Crippen molar-refractivity contribution in [1.82, 2.24) is 4.98 Å². The van der Waals surface area contributed by atoms with Crippen molar-refractivity contribution in [2.75, 3.05) is 0 Å². The second kappa shape index (κ2) is 4.86. The summed E-state index contributed by atoms with van der Waals surface area (Å²) in [6, 6.07) is 12.0. The van der Waals surface area contributed by atoms with Crippen molar-refractivity contribution >= 4 is 34.9 Å². The van der Waals surface area contributed by atoms with Crippen molar-refractivity contribution in [1.29, 1.82) is 0 Å². The molecule has 0 aliphatic carbocycles. The monoisotopic (exact) mass is 273 g/mol. The van der Waals surface area contributed by atoms with Gasteiger partial charge in [-0.2, -0.15) is 0 Å². The minimum atomic E-state index is -0.375. The molecular weight excluding hydrogens is 265 g/mol. The van der Waals surface area contributed by atoms with Gasteiger partial charge in [0.05, 0.1) is 5.02 Å². The molecule has 19 heavy (non-hydrogen) atoms. The van der Waals surface area contributed by atoms with Crippen LogP contribution < -0.4 is 0 Å². The molecule has 0 spiro atoms. The molecule has 0 fully saturated rings. The molecule has 1 aromatic heterocycles. The average Bonchev–Trinajstić information content (AvgIpc) is 2.81. The smallest absolute Gasteiger partial charge is 0.220 e. The van der Waals surface area contributed by atoms with Gasteiger partial charge in [-0.3, -0.25) is 0 Å². The molecule has 0 saturated heterocycles. The van der Waals surface area contributed by atoms with Gasteiger partial charge in [0.25, 0.3) is 0 Å². The molecule has 0 aliphatic heterocycles. The third kappa shape index (κ3) is 2.37. The number of hydrogen-bond donors (Lipinski definition) is 0. The fourth-order valence-corrected chi connectivity index (χ4v) is 2.01. The molecule has 2 nitrogen and oxygen atoms in total. The van der Waals surface area contributed by atoms with Gasteiger partial charge in [-0.25, -0.2) is 9.37 Å². The van der Waals surface area contributed by atoms with Crippen molar-refractivity contribution < 1.29 is 8.81 Å². The summed E-state index contributed by atoms with van der Waals surface area (Å²) in [5.74, 6) is 0.0420. The fourth-order valence-electron chi connectivity index (χ4n) is 1.79. The Hall–Kier alpha value is -2.13. The lowest BCUT2D eigenvalue weighted by Gasteiger charge is -1.98. The van der Waals surface area contributed by atoms with Crippen LogP contribution in [0.1, 0.15) is 11.5 Å². The number of oxazole rings is 1. The summed E-state index contributed by atoms with van der Waals surface area (Å²) in [5.41, 5.74) is 1.79. The summed E-state index contributed by atoms with van der Waals surface area (Å²) in [6.45, 7) is 0. The van der Waals surface area contributed by atoms with E-state index in [1.807, 2.05) is 24.3 Å². The van der Waals surface area contributed by atoms with Crippen LogP contribution in [-0.4, -0.2) is 4.98 Å². The Balaban J connectivity index is 1.98. The topological polar surface area (TPSA) is 26.0 Å². The maximum Gasteiger partial charge on any atom is 0.220 e. The first-order chi connectivity index (χ1) is 9.24. The van der Waals surface area contributed by atoms with Crippen molar-refractivity contribution in [3.63, 3.8) is 0 Å². The summed E-state index contributed by atoms with van der Waals surface area (Å²) in [5, 5.41) is 0.354. The van der Waals surface area contributed by atoms with E-state index in [0.717, 1.165) is 5.52 Å². The first kappa shape index (κ1) is 11.9. The van der Waals surface area contributed by atoms with Gasteiger partial charge in [-0.05, 0) is 30.3 Å². The minimum Gasteiger partial charge on any atom is -0.437 e. The van der Waals surface area contributed by atoms with E-state index in [1.165, 1.54) is 6.07 Å². The minimum absolute atomic E-state index is 0.325. The van der Waals surface area contributed by atoms with Gasteiger partial charge in [0.2, 0.25) is 5.89 Å². The number of nitrogens with zero attached hydrogens (tertiary/aromatic N) is 1. The highest BCUT2D eigenvalue weighted by atomic mass is 35.5. The third-order valence-electron chi connectivity index (χ3n) is 2.70. The predicted octanol–water partition coefficient (Wildman–Crippen LogP) is 4.79. The van der Waals surface area contributed by atoms with E-state index < -0.39 is 0 Å². The molecule has 0 N–H and O–H groups in total. The Bertz CT molecular complexity index is 710. The SMILES string of the molecule is Fc1cccc(Cl)c1/C=C/c1nc2ccccc2o1. The first-order valence-corrected chi connectivity index (χ1v) is 6.09. The van der Waals surface area contributed by atoms with Crippen LogP contribution in [0.2, 0.25) is 5.02 Å². The van der Waals surface area contributed by atoms with E-state index in [4.69, 9.17) is 16.0 Å². The summed E-state index contributed by atoms with van der Waals surface area (Å²) in [7, 11) is 0. The van der Waals surface area contributed by atoms with Gasteiger partial charge in [-0.1, -0.05) is 29.8 Å². The molecule has 0 unspecified atom stereocenters. The van der Waals surface area contributed by atoms with Crippen molar-refractivity contribution in [3.8, 4) is 0 Å². The number of benzene rings is 2. The van der Waals surface area contributed by atoms with E-state index in [-0.39, 0.29) is 5.82 Å². The fraction of sp³-hybridized carbons (Fsp3) is 0. The van der Waals surface area contributed by atoms with Crippen LogP contribution in [0.15, 0.2) is 46.9 Å². The van der Waals surface area contributed by atoms with Crippen molar-refractivity contribution in [3.05, 3.63) is 64.8 Å². The first-order valence-electron chi connectivity index (χ1n) is 5.72. The van der Waals surface area contributed by atoms with Gasteiger partial charge < -0.3 is 4.42 Å². The van der Waals surface area contributed by atoms with Crippen molar-refractivity contribution in [2.24, 2.45) is 0 Å². The summed E-state index contributed by atoms with van der Waals surface area (Å²) >= 11 is 5.93. The highest BCUT2D eigenvalue weighted by Crippen LogP contribution is 2.22. The quantitative estimate of drug-likeness (QED) is 0.671. The number of rotatable bonds is 2. The van der Waals surface area contributed by atoms with Crippen LogP contribution in [0, 0.1) is 5.82 Å². The third-order valence-corrected chi connectivity index (χ3v) is 3.03. The van der Waals surface area contributed by atoms with Crippen molar-refractivity contribution in [2.45, 2.75) is 0 Å². The largest absolute Gasteiger partial charge is 0.437 e. The Morgan fingerprint density at radius 1 is 1.05 bits per heavy atom. The number of aromatic nitrogens is 1. The predicted molar refractivity (Wildman–Crippen MR) is 74.3 cm³/mol. The lowest BCUT2D eigenvalue weighted by molar-refractivity contribution is 0.589. The number of para-hydroxylation sites is 2. The summed E-state index contributed by atoms with van der Waals surface area (Å²) in [6.07, 6.45) is 3.16. The molecule has 4 heteroatoms. The van der Waals surface area contributed by atoms with Gasteiger partial charge in [-0.15, -0.1) is 0 Å². The van der Waals surface area contributed by atoms with Crippen LogP contribution in [0.3, 0.4) is 0 Å². The zero-order valence-corrected chi connectivity index (χ0v) is 10.6. The van der Waals surface area contributed by atoms with Crippen LogP contribution >= 0.6 is 11.6 Å². The highest BCUT2D eigenvalue weighted by molar-refractivity contribution is 6.32. The molecule has 1 heterocycles. The molecule has 3 aromatic rings. The van der Waals surface area contributed by atoms with Gasteiger partial charge in [0.15, 0.2) is 5.58 Å². The normalized spacial score (nSPS) is 11.5. The van der Waals surface area contributed by atoms with E-state index in [9.17, 15) is 4.39 Å². The van der Waals surface area contributed by atoms with Crippen LogP contribution in [-0.2, 0) is 0 Å². The Kier molecular flexibility index (Phi) is 3.05. The highest BCUT2D eigenvalue weighted by Gasteiger charge is 2.05. The number of fused-ring (bicyclic) bond motifs is 1. The average molecular weight is 274 g/mol. The van der Waals surface area contributed by atoms with E-state index in [2.05, 4.69) is 4.98 Å². The lowest BCUT2D eigenvalue weighted by Crippen LogP contribution is -1.82. The second-order valence-electron chi connectivity index (χ2n) is 3.99. The Morgan fingerprint density at radius 2 is 1.89 bits per heavy atom. The molecule has 0 radical (unpaired) electrons.